The Hall–Kier alpha value is -1.06. The van der Waals surface area contributed by atoms with E-state index in [1.165, 1.54) is 44.1 Å². The molecule has 0 amide bonds. The monoisotopic (exact) mass is 304 g/mol. The second-order valence-electron chi connectivity index (χ2n) is 6.58. The number of rotatable bonds is 8. The van der Waals surface area contributed by atoms with E-state index in [1.54, 1.807) is 0 Å². The van der Waals surface area contributed by atoms with Crippen LogP contribution in [0.2, 0.25) is 0 Å². The second kappa shape index (κ2) is 7.47. The van der Waals surface area contributed by atoms with Gasteiger partial charge in [-0.3, -0.25) is 0 Å². The zero-order valence-corrected chi connectivity index (χ0v) is 13.6. The van der Waals surface area contributed by atoms with Crippen molar-refractivity contribution >= 4 is 0 Å². The summed E-state index contributed by atoms with van der Waals surface area (Å²) in [6, 6.07) is 6.46. The van der Waals surface area contributed by atoms with Crippen LogP contribution in [0.25, 0.3) is 0 Å². The number of ether oxygens (including phenoxy) is 2. The number of unbranched alkanes of at least 4 members (excludes halogenated alkanes) is 2. The van der Waals surface area contributed by atoms with Crippen LogP contribution < -0.4 is 4.74 Å². The van der Waals surface area contributed by atoms with Gasteiger partial charge in [-0.1, -0.05) is 50.8 Å². The number of epoxide rings is 1. The molecular weight excluding hydrogens is 276 g/mol. The molecule has 0 aromatic heterocycles. The highest BCUT2D eigenvalue weighted by molar-refractivity contribution is 5.46. The Morgan fingerprint density at radius 1 is 1.18 bits per heavy atom. The fraction of sp³-hybridized carbons (Fsp3) is 0.684. The van der Waals surface area contributed by atoms with E-state index in [-0.39, 0.29) is 18.8 Å². The lowest BCUT2D eigenvalue weighted by Gasteiger charge is -2.19. The molecule has 0 bridgehead atoms. The molecule has 122 valence electrons. The first-order chi connectivity index (χ1) is 10.8. The van der Waals surface area contributed by atoms with E-state index in [0.29, 0.717) is 5.92 Å². The third-order valence-electron chi connectivity index (χ3n) is 4.93. The highest BCUT2D eigenvalue weighted by atomic mass is 16.6. The molecule has 1 aromatic carbocycles. The third-order valence-corrected chi connectivity index (χ3v) is 4.93. The summed E-state index contributed by atoms with van der Waals surface area (Å²) in [6.07, 6.45) is 8.67. The predicted molar refractivity (Wildman–Crippen MR) is 87.4 cm³/mol. The molecular formula is C19H28O3. The molecule has 2 fully saturated rings. The lowest BCUT2D eigenvalue weighted by Crippen LogP contribution is -2.06. The van der Waals surface area contributed by atoms with Crippen molar-refractivity contribution in [2.75, 3.05) is 13.2 Å². The van der Waals surface area contributed by atoms with Gasteiger partial charge in [0.1, 0.15) is 18.0 Å². The number of para-hydroxylation sites is 1. The summed E-state index contributed by atoms with van der Waals surface area (Å²) in [4.78, 5) is 0. The largest absolute Gasteiger partial charge is 0.493 e. The molecule has 3 heteroatoms. The highest BCUT2D eigenvalue weighted by Crippen LogP contribution is 2.47. The smallest absolute Gasteiger partial charge is 0.128 e. The van der Waals surface area contributed by atoms with Gasteiger partial charge in [0.25, 0.3) is 0 Å². The molecule has 2 unspecified atom stereocenters. The fourth-order valence-electron chi connectivity index (χ4n) is 3.60. The van der Waals surface area contributed by atoms with E-state index in [0.717, 1.165) is 24.3 Å². The van der Waals surface area contributed by atoms with Crippen LogP contribution in [0.5, 0.6) is 5.75 Å². The van der Waals surface area contributed by atoms with Crippen molar-refractivity contribution in [3.05, 3.63) is 29.3 Å². The zero-order valence-electron chi connectivity index (χ0n) is 13.6. The molecule has 1 heterocycles. The summed E-state index contributed by atoms with van der Waals surface area (Å²) in [5, 5.41) is 9.29. The second-order valence-corrected chi connectivity index (χ2v) is 6.58. The van der Waals surface area contributed by atoms with Crippen LogP contribution >= 0.6 is 0 Å². The zero-order chi connectivity index (χ0) is 15.4. The first-order valence-corrected chi connectivity index (χ1v) is 8.87. The molecule has 1 aliphatic heterocycles. The molecule has 1 N–H and O–H groups in total. The van der Waals surface area contributed by atoms with Crippen molar-refractivity contribution in [3.63, 3.8) is 0 Å². The Balaban J connectivity index is 1.80. The van der Waals surface area contributed by atoms with Gasteiger partial charge >= 0.3 is 0 Å². The van der Waals surface area contributed by atoms with E-state index in [1.807, 2.05) is 0 Å². The van der Waals surface area contributed by atoms with Crippen molar-refractivity contribution in [2.45, 2.75) is 70.0 Å². The normalized spacial score (nSPS) is 24.6. The molecule has 1 saturated heterocycles. The van der Waals surface area contributed by atoms with E-state index < -0.39 is 0 Å². The lowest BCUT2D eigenvalue weighted by molar-refractivity contribution is 0.241. The quantitative estimate of drug-likeness (QED) is 0.573. The highest BCUT2D eigenvalue weighted by Gasteiger charge is 2.42. The third kappa shape index (κ3) is 3.47. The molecule has 22 heavy (non-hydrogen) atoms. The van der Waals surface area contributed by atoms with Crippen LogP contribution in [0.3, 0.4) is 0 Å². The van der Waals surface area contributed by atoms with Crippen LogP contribution in [0.1, 0.15) is 75.0 Å². The standard InChI is InChI=1S/C19H28O3/c1-2-3-6-12-21-18-15(14-8-4-5-9-14)10-7-11-16(18)19-17(13-20)22-19/h7,10-11,14,17,19-20H,2-6,8-9,12-13H2,1H3. The maximum absolute atomic E-state index is 9.29. The average molecular weight is 304 g/mol. The summed E-state index contributed by atoms with van der Waals surface area (Å²) in [6.45, 7) is 3.08. The maximum atomic E-state index is 9.29. The summed E-state index contributed by atoms with van der Waals surface area (Å²) < 4.78 is 11.8. The fourth-order valence-corrected chi connectivity index (χ4v) is 3.60. The van der Waals surface area contributed by atoms with Gasteiger partial charge < -0.3 is 14.6 Å². The van der Waals surface area contributed by atoms with Crippen LogP contribution in [0.15, 0.2) is 18.2 Å². The minimum absolute atomic E-state index is 0.0209. The molecule has 3 rings (SSSR count). The van der Waals surface area contributed by atoms with E-state index in [4.69, 9.17) is 9.47 Å². The molecule has 2 atom stereocenters. The van der Waals surface area contributed by atoms with Gasteiger partial charge in [0.05, 0.1) is 13.2 Å². The number of aliphatic hydroxyl groups excluding tert-OH is 1. The van der Waals surface area contributed by atoms with Crippen LogP contribution in [0, 0.1) is 0 Å². The number of benzene rings is 1. The van der Waals surface area contributed by atoms with Crippen LogP contribution in [-0.2, 0) is 4.74 Å². The Kier molecular flexibility index (Phi) is 5.37. The van der Waals surface area contributed by atoms with Gasteiger partial charge in [-0.15, -0.1) is 0 Å². The van der Waals surface area contributed by atoms with Gasteiger partial charge in [0.15, 0.2) is 0 Å². The van der Waals surface area contributed by atoms with E-state index in [2.05, 4.69) is 25.1 Å². The lowest BCUT2D eigenvalue weighted by atomic mass is 9.93. The molecule has 2 aliphatic rings. The summed E-state index contributed by atoms with van der Waals surface area (Å²) >= 11 is 0. The Morgan fingerprint density at radius 3 is 2.64 bits per heavy atom. The molecule has 1 aliphatic carbocycles. The van der Waals surface area contributed by atoms with Crippen molar-refractivity contribution in [2.24, 2.45) is 0 Å². The van der Waals surface area contributed by atoms with Crippen LogP contribution in [-0.4, -0.2) is 24.4 Å². The minimum Gasteiger partial charge on any atom is -0.493 e. The summed E-state index contributed by atoms with van der Waals surface area (Å²) in [5.74, 6) is 1.68. The SMILES string of the molecule is CCCCCOc1c(C2CCCC2)cccc1C1OC1CO. The van der Waals surface area contributed by atoms with Gasteiger partial charge in [0.2, 0.25) is 0 Å². The summed E-state index contributed by atoms with van der Waals surface area (Å²) in [5.41, 5.74) is 2.50. The first kappa shape index (κ1) is 15.8. The van der Waals surface area contributed by atoms with Gasteiger partial charge in [0, 0.05) is 5.56 Å². The van der Waals surface area contributed by atoms with Gasteiger partial charge in [-0.25, -0.2) is 0 Å². The number of hydrogen-bond donors (Lipinski definition) is 1. The number of aliphatic hydroxyl groups is 1. The van der Waals surface area contributed by atoms with Gasteiger partial charge in [-0.2, -0.15) is 0 Å². The Labute approximate surface area is 133 Å². The molecule has 1 aromatic rings. The van der Waals surface area contributed by atoms with Crippen molar-refractivity contribution < 1.29 is 14.6 Å². The average Bonchev–Trinajstić information content (AvgIpc) is 3.14. The Morgan fingerprint density at radius 2 is 1.95 bits per heavy atom. The van der Waals surface area contributed by atoms with Gasteiger partial charge in [-0.05, 0) is 30.7 Å². The Bertz CT molecular complexity index is 480. The van der Waals surface area contributed by atoms with E-state index >= 15 is 0 Å². The van der Waals surface area contributed by atoms with Crippen molar-refractivity contribution in [1.29, 1.82) is 0 Å². The molecule has 3 nitrogen and oxygen atoms in total. The topological polar surface area (TPSA) is 42.0 Å². The molecule has 0 spiro atoms. The predicted octanol–water partition coefficient (Wildman–Crippen LogP) is 4.35. The van der Waals surface area contributed by atoms with E-state index in [9.17, 15) is 5.11 Å². The molecule has 0 radical (unpaired) electrons. The maximum Gasteiger partial charge on any atom is 0.128 e. The van der Waals surface area contributed by atoms with Crippen molar-refractivity contribution in [1.82, 2.24) is 0 Å². The molecule has 1 saturated carbocycles. The summed E-state index contributed by atoms with van der Waals surface area (Å²) in [7, 11) is 0. The first-order valence-electron chi connectivity index (χ1n) is 8.87. The van der Waals surface area contributed by atoms with Crippen LogP contribution in [0.4, 0.5) is 0 Å². The number of hydrogen-bond acceptors (Lipinski definition) is 3. The van der Waals surface area contributed by atoms with Crippen molar-refractivity contribution in [3.8, 4) is 5.75 Å². The minimum atomic E-state index is -0.0446.